The normalized spacial score (nSPS) is 23.0. The highest BCUT2D eigenvalue weighted by atomic mass is 16.4. The largest absolute Gasteiger partial charge is 0.419 e. The maximum atomic E-state index is 12.6. The van der Waals surface area contributed by atoms with Gasteiger partial charge in [0.25, 0.3) is 0 Å². The number of piperidine rings is 1. The molecular formula is C24H24N4O3. The number of carbonyl (C=O) groups is 1. The van der Waals surface area contributed by atoms with Crippen molar-refractivity contribution in [1.29, 1.82) is 5.26 Å². The summed E-state index contributed by atoms with van der Waals surface area (Å²) in [5, 5.41) is 15.8. The van der Waals surface area contributed by atoms with Crippen molar-refractivity contribution < 1.29 is 9.21 Å². The number of benzene rings is 2. The van der Waals surface area contributed by atoms with Gasteiger partial charge < -0.3 is 15.1 Å². The lowest BCUT2D eigenvalue weighted by molar-refractivity contribution is -0.124. The van der Waals surface area contributed by atoms with Gasteiger partial charge in [-0.2, -0.15) is 5.26 Å². The summed E-state index contributed by atoms with van der Waals surface area (Å²) in [5.74, 6) is -0.0437. The molecule has 0 spiro atoms. The number of rotatable bonds is 5. The van der Waals surface area contributed by atoms with Gasteiger partial charge in [0.15, 0.2) is 5.58 Å². The third-order valence-corrected chi connectivity index (χ3v) is 6.63. The number of nitrogens with one attached hydrogen (secondary N) is 2. The van der Waals surface area contributed by atoms with Crippen LogP contribution in [0.25, 0.3) is 22.2 Å². The maximum absolute atomic E-state index is 12.6. The predicted molar refractivity (Wildman–Crippen MR) is 116 cm³/mol. The lowest BCUT2D eigenvalue weighted by Gasteiger charge is -2.23. The van der Waals surface area contributed by atoms with Gasteiger partial charge in [0.05, 0.1) is 17.6 Å². The number of hydrogen-bond donors (Lipinski definition) is 2. The van der Waals surface area contributed by atoms with Crippen molar-refractivity contribution in [3.05, 3.63) is 58.6 Å². The van der Waals surface area contributed by atoms with E-state index in [9.17, 15) is 14.9 Å². The number of amides is 1. The molecule has 2 heterocycles. The molecule has 3 aromatic rings. The van der Waals surface area contributed by atoms with Crippen molar-refractivity contribution in [2.75, 3.05) is 0 Å². The summed E-state index contributed by atoms with van der Waals surface area (Å²) >= 11 is 0. The minimum atomic E-state index is -0.559. The van der Waals surface area contributed by atoms with E-state index in [1.54, 1.807) is 13.1 Å². The highest BCUT2D eigenvalue weighted by molar-refractivity contribution is 5.83. The van der Waals surface area contributed by atoms with E-state index < -0.39 is 6.04 Å². The summed E-state index contributed by atoms with van der Waals surface area (Å²) in [6.45, 7) is 0. The summed E-state index contributed by atoms with van der Waals surface area (Å²) in [5.41, 5.74) is 4.26. The second kappa shape index (κ2) is 7.71. The van der Waals surface area contributed by atoms with Crippen LogP contribution >= 0.6 is 0 Å². The number of aryl methyl sites for hydroxylation is 1. The second-order valence-corrected chi connectivity index (χ2v) is 8.62. The lowest BCUT2D eigenvalue weighted by atomic mass is 9.98. The van der Waals surface area contributed by atoms with Gasteiger partial charge in [-0.05, 0) is 54.0 Å². The fraction of sp³-hybridized carbons (Fsp3) is 0.375. The van der Waals surface area contributed by atoms with Gasteiger partial charge in [-0.15, -0.1) is 0 Å². The Bertz CT molecular complexity index is 1230. The average Bonchev–Trinajstić information content (AvgIpc) is 3.49. The molecule has 1 aliphatic carbocycles. The first-order chi connectivity index (χ1) is 15.0. The first kappa shape index (κ1) is 19.6. The number of nitriles is 1. The molecule has 2 aliphatic rings. The standard InChI is InChI=1S/C24H24N4O3/c1-28-20-12-16(7-9-21(20)31-24(28)30)15-4-2-14(3-5-15)10-19(13-25)27-23(29)22-17-6-8-18(11-17)26-22/h2-5,7,9,12,17-19,22,26H,6,8,10-11H2,1H3,(H,27,29)/t17-,18+,19-,22-/m0/s1. The number of fused-ring (bicyclic) bond motifs is 3. The number of aromatic nitrogens is 1. The lowest BCUT2D eigenvalue weighted by Crippen LogP contribution is -2.50. The van der Waals surface area contributed by atoms with Gasteiger partial charge in [0, 0.05) is 19.5 Å². The van der Waals surface area contributed by atoms with Crippen LogP contribution in [0.2, 0.25) is 0 Å². The van der Waals surface area contributed by atoms with E-state index in [1.165, 1.54) is 4.57 Å². The molecule has 1 amide bonds. The van der Waals surface area contributed by atoms with E-state index in [2.05, 4.69) is 16.7 Å². The van der Waals surface area contributed by atoms with E-state index in [1.807, 2.05) is 36.4 Å². The molecule has 1 saturated heterocycles. The number of nitrogens with zero attached hydrogens (tertiary/aromatic N) is 2. The Morgan fingerprint density at radius 1 is 1.26 bits per heavy atom. The van der Waals surface area contributed by atoms with Crippen LogP contribution in [-0.4, -0.2) is 28.6 Å². The zero-order valence-electron chi connectivity index (χ0n) is 17.3. The molecule has 2 bridgehead atoms. The van der Waals surface area contributed by atoms with Crippen LogP contribution < -0.4 is 16.4 Å². The molecule has 0 unspecified atom stereocenters. The molecular weight excluding hydrogens is 392 g/mol. The van der Waals surface area contributed by atoms with Crippen molar-refractivity contribution in [2.24, 2.45) is 13.0 Å². The molecule has 5 rings (SSSR count). The van der Waals surface area contributed by atoms with Gasteiger partial charge in [0.1, 0.15) is 6.04 Å². The van der Waals surface area contributed by atoms with E-state index in [-0.39, 0.29) is 17.7 Å². The SMILES string of the molecule is Cn1c(=O)oc2ccc(-c3ccc(C[C@@H](C#N)NC(=O)[C@H]4N[C@@H]5CC[C@H]4C5)cc3)cc21. The minimum Gasteiger partial charge on any atom is -0.408 e. The Labute approximate surface area is 179 Å². The molecule has 1 aromatic heterocycles. The Balaban J connectivity index is 1.27. The van der Waals surface area contributed by atoms with Gasteiger partial charge in [0.2, 0.25) is 5.91 Å². The van der Waals surface area contributed by atoms with Gasteiger partial charge >= 0.3 is 5.76 Å². The van der Waals surface area contributed by atoms with Crippen LogP contribution in [0, 0.1) is 17.2 Å². The second-order valence-electron chi connectivity index (χ2n) is 8.62. The van der Waals surface area contributed by atoms with Gasteiger partial charge in [-0.3, -0.25) is 9.36 Å². The van der Waals surface area contributed by atoms with Crippen molar-refractivity contribution in [2.45, 2.75) is 43.8 Å². The number of hydrogen-bond acceptors (Lipinski definition) is 5. The molecule has 4 atom stereocenters. The zero-order chi connectivity index (χ0) is 21.5. The van der Waals surface area contributed by atoms with E-state index in [0.717, 1.165) is 41.5 Å². The average molecular weight is 416 g/mol. The molecule has 1 saturated carbocycles. The monoisotopic (exact) mass is 416 g/mol. The number of carbonyl (C=O) groups excluding carboxylic acids is 1. The Morgan fingerprint density at radius 3 is 2.71 bits per heavy atom. The quantitative estimate of drug-likeness (QED) is 0.666. The molecule has 1 aliphatic heterocycles. The molecule has 0 radical (unpaired) electrons. The topological polar surface area (TPSA) is 100 Å². The zero-order valence-corrected chi connectivity index (χ0v) is 17.3. The van der Waals surface area contributed by atoms with Gasteiger partial charge in [-0.25, -0.2) is 4.79 Å². The number of oxazole rings is 1. The van der Waals surface area contributed by atoms with Crippen LogP contribution in [0.5, 0.6) is 0 Å². The first-order valence-corrected chi connectivity index (χ1v) is 10.7. The molecule has 2 N–H and O–H groups in total. The summed E-state index contributed by atoms with van der Waals surface area (Å²) < 4.78 is 6.67. The van der Waals surface area contributed by atoms with Gasteiger partial charge in [-0.1, -0.05) is 30.3 Å². The third-order valence-electron chi connectivity index (χ3n) is 6.63. The molecule has 7 nitrogen and oxygen atoms in total. The van der Waals surface area contributed by atoms with E-state index in [0.29, 0.717) is 24.0 Å². The summed E-state index contributed by atoms with van der Waals surface area (Å²) in [7, 11) is 1.68. The fourth-order valence-corrected chi connectivity index (χ4v) is 4.92. The van der Waals surface area contributed by atoms with Crippen LogP contribution in [0.15, 0.2) is 51.7 Å². The Hall–Kier alpha value is -3.37. The maximum Gasteiger partial charge on any atom is 0.419 e. The summed E-state index contributed by atoms with van der Waals surface area (Å²) in [4.78, 5) is 24.3. The van der Waals surface area contributed by atoms with Crippen molar-refractivity contribution in [3.8, 4) is 17.2 Å². The van der Waals surface area contributed by atoms with E-state index in [4.69, 9.17) is 4.42 Å². The smallest absolute Gasteiger partial charge is 0.408 e. The van der Waals surface area contributed by atoms with Crippen molar-refractivity contribution >= 4 is 17.0 Å². The van der Waals surface area contributed by atoms with Crippen LogP contribution in [0.3, 0.4) is 0 Å². The minimum absolute atomic E-state index is 0.0607. The highest BCUT2D eigenvalue weighted by Gasteiger charge is 2.43. The first-order valence-electron chi connectivity index (χ1n) is 10.7. The third kappa shape index (κ3) is 3.64. The Kier molecular flexibility index (Phi) is 4.87. The molecule has 31 heavy (non-hydrogen) atoms. The molecule has 7 heteroatoms. The molecule has 158 valence electrons. The van der Waals surface area contributed by atoms with E-state index >= 15 is 0 Å². The summed E-state index contributed by atoms with van der Waals surface area (Å²) in [6, 6.07) is 15.5. The van der Waals surface area contributed by atoms with Crippen LogP contribution in [0.1, 0.15) is 24.8 Å². The van der Waals surface area contributed by atoms with Crippen LogP contribution in [-0.2, 0) is 18.3 Å². The van der Waals surface area contributed by atoms with Crippen molar-refractivity contribution in [3.63, 3.8) is 0 Å². The van der Waals surface area contributed by atoms with Crippen molar-refractivity contribution in [1.82, 2.24) is 15.2 Å². The predicted octanol–water partition coefficient (Wildman–Crippen LogP) is 2.49. The Morgan fingerprint density at radius 2 is 2.03 bits per heavy atom. The molecule has 2 fully saturated rings. The fourth-order valence-electron chi connectivity index (χ4n) is 4.92. The summed E-state index contributed by atoms with van der Waals surface area (Å²) in [6.07, 6.45) is 3.76. The molecule has 2 aromatic carbocycles. The van der Waals surface area contributed by atoms with Crippen LogP contribution in [0.4, 0.5) is 0 Å². The highest BCUT2D eigenvalue weighted by Crippen LogP contribution is 2.35.